The summed E-state index contributed by atoms with van der Waals surface area (Å²) >= 11 is 0. The van der Waals surface area contributed by atoms with Crippen molar-refractivity contribution in [1.82, 2.24) is 0 Å². The standard InChI is InChI=1S/C2H5FO2S.C2H5F/c1-6(4,5)2-3;1-2-3/h2H2,1H3;2H2,1H3. The quantitative estimate of drug-likeness (QED) is 0.572. The van der Waals surface area contributed by atoms with E-state index in [1.165, 1.54) is 6.92 Å². The second-order valence-corrected chi connectivity index (χ2v) is 3.37. The van der Waals surface area contributed by atoms with Gasteiger partial charge in [-0.05, 0) is 6.92 Å². The molecule has 58 valence electrons. The maximum Gasteiger partial charge on any atom is 0.190 e. The van der Waals surface area contributed by atoms with Crippen molar-refractivity contribution in [1.29, 1.82) is 0 Å². The number of sulfone groups is 1. The largest absolute Gasteiger partial charge is 0.251 e. The van der Waals surface area contributed by atoms with Gasteiger partial charge in [-0.25, -0.2) is 12.8 Å². The fourth-order valence-corrected chi connectivity index (χ4v) is 0. The molecule has 0 aliphatic heterocycles. The van der Waals surface area contributed by atoms with Gasteiger partial charge in [0.2, 0.25) is 0 Å². The molecular weight excluding hydrogens is 150 g/mol. The summed E-state index contributed by atoms with van der Waals surface area (Å²) in [7, 11) is -3.33. The summed E-state index contributed by atoms with van der Waals surface area (Å²) < 4.78 is 40.5. The molecule has 0 amide bonds. The Morgan fingerprint density at radius 1 is 1.33 bits per heavy atom. The Balaban J connectivity index is 0. The second kappa shape index (κ2) is 5.94. The van der Waals surface area contributed by atoms with Crippen molar-refractivity contribution in [2.45, 2.75) is 6.92 Å². The molecule has 0 atom stereocenters. The van der Waals surface area contributed by atoms with Crippen molar-refractivity contribution >= 4 is 9.84 Å². The van der Waals surface area contributed by atoms with Crippen molar-refractivity contribution in [2.75, 3.05) is 18.9 Å². The monoisotopic (exact) mass is 160 g/mol. The van der Waals surface area contributed by atoms with Gasteiger partial charge < -0.3 is 0 Å². The van der Waals surface area contributed by atoms with Gasteiger partial charge >= 0.3 is 0 Å². The topological polar surface area (TPSA) is 34.1 Å². The molecule has 0 spiro atoms. The zero-order chi connectivity index (χ0) is 7.91. The molecule has 0 saturated carbocycles. The van der Waals surface area contributed by atoms with Crippen molar-refractivity contribution in [2.24, 2.45) is 0 Å². The lowest BCUT2D eigenvalue weighted by molar-refractivity contribution is 0.527. The third-order valence-electron chi connectivity index (χ3n) is 0.198. The van der Waals surface area contributed by atoms with E-state index in [9.17, 15) is 17.2 Å². The zero-order valence-corrected chi connectivity index (χ0v) is 6.21. The first-order valence-corrected chi connectivity index (χ1v) is 4.33. The van der Waals surface area contributed by atoms with Crippen LogP contribution in [-0.4, -0.2) is 27.4 Å². The molecule has 0 heterocycles. The number of hydrogen-bond donors (Lipinski definition) is 0. The van der Waals surface area contributed by atoms with Crippen LogP contribution < -0.4 is 0 Å². The summed E-state index contributed by atoms with van der Waals surface area (Å²) in [6.07, 6.45) is 0.840. The molecule has 2 nitrogen and oxygen atoms in total. The molecule has 0 radical (unpaired) electrons. The average molecular weight is 160 g/mol. The normalized spacial score (nSPS) is 9.78. The van der Waals surface area contributed by atoms with Gasteiger partial charge in [0, 0.05) is 6.26 Å². The van der Waals surface area contributed by atoms with Crippen LogP contribution in [0.5, 0.6) is 0 Å². The van der Waals surface area contributed by atoms with Gasteiger partial charge in [0.05, 0.1) is 6.67 Å². The summed E-state index contributed by atoms with van der Waals surface area (Å²) in [5, 5.41) is 0. The van der Waals surface area contributed by atoms with Crippen LogP contribution in [0, 0.1) is 0 Å². The maximum atomic E-state index is 10.9. The fraction of sp³-hybridized carbons (Fsp3) is 1.00. The van der Waals surface area contributed by atoms with E-state index in [4.69, 9.17) is 0 Å². The Morgan fingerprint density at radius 3 is 1.44 bits per heavy atom. The van der Waals surface area contributed by atoms with E-state index in [0.29, 0.717) is 0 Å². The Bertz CT molecular complexity index is 130. The summed E-state index contributed by atoms with van der Waals surface area (Å²) in [4.78, 5) is 0. The van der Waals surface area contributed by atoms with Crippen LogP contribution in [0.1, 0.15) is 6.92 Å². The molecule has 0 aromatic heterocycles. The molecular formula is C4H10F2O2S. The number of alkyl halides is 2. The molecule has 9 heavy (non-hydrogen) atoms. The van der Waals surface area contributed by atoms with Crippen LogP contribution in [-0.2, 0) is 9.84 Å². The van der Waals surface area contributed by atoms with Crippen LogP contribution in [0.25, 0.3) is 0 Å². The lowest BCUT2D eigenvalue weighted by Crippen LogP contribution is -1.95. The van der Waals surface area contributed by atoms with E-state index in [-0.39, 0.29) is 6.67 Å². The molecule has 0 saturated heterocycles. The van der Waals surface area contributed by atoms with Crippen LogP contribution in [0.4, 0.5) is 8.78 Å². The molecule has 0 unspecified atom stereocenters. The minimum atomic E-state index is -3.33. The summed E-state index contributed by atoms with van der Waals surface area (Å²) in [6, 6.07) is -1.26. The molecule has 0 rings (SSSR count). The highest BCUT2D eigenvalue weighted by molar-refractivity contribution is 7.90. The summed E-state index contributed by atoms with van der Waals surface area (Å²) in [5.74, 6) is 0. The molecule has 0 N–H and O–H groups in total. The van der Waals surface area contributed by atoms with E-state index < -0.39 is 15.8 Å². The minimum Gasteiger partial charge on any atom is -0.251 e. The highest BCUT2D eigenvalue weighted by Crippen LogP contribution is 1.78. The zero-order valence-electron chi connectivity index (χ0n) is 5.39. The van der Waals surface area contributed by atoms with Crippen LogP contribution in [0.15, 0.2) is 0 Å². The Labute approximate surface area is 53.8 Å². The van der Waals surface area contributed by atoms with E-state index in [0.717, 1.165) is 6.26 Å². The molecule has 0 aliphatic rings. The molecule has 0 aromatic rings. The van der Waals surface area contributed by atoms with Crippen LogP contribution >= 0.6 is 0 Å². The molecule has 0 aliphatic carbocycles. The summed E-state index contributed by atoms with van der Waals surface area (Å²) in [5.41, 5.74) is 0. The first-order valence-electron chi connectivity index (χ1n) is 2.27. The summed E-state index contributed by atoms with van der Waals surface area (Å²) in [6.45, 7) is 1.21. The maximum absolute atomic E-state index is 10.9. The molecule has 0 fully saturated rings. The smallest absolute Gasteiger partial charge is 0.190 e. The predicted octanol–water partition coefficient (Wildman–Crippen LogP) is 0.934. The van der Waals surface area contributed by atoms with Gasteiger partial charge in [-0.2, -0.15) is 0 Å². The van der Waals surface area contributed by atoms with Gasteiger partial charge in [-0.3, -0.25) is 4.39 Å². The van der Waals surface area contributed by atoms with Crippen molar-refractivity contribution < 1.29 is 17.2 Å². The molecule has 0 bridgehead atoms. The van der Waals surface area contributed by atoms with Gasteiger partial charge in [-0.15, -0.1) is 0 Å². The second-order valence-electron chi connectivity index (χ2n) is 1.30. The molecule has 5 heteroatoms. The Kier molecular flexibility index (Phi) is 7.65. The highest BCUT2D eigenvalue weighted by Gasteiger charge is 1.94. The van der Waals surface area contributed by atoms with Gasteiger partial charge in [-0.1, -0.05) is 0 Å². The number of rotatable bonds is 1. The SMILES string of the molecule is CCF.CS(=O)(=O)CF. The van der Waals surface area contributed by atoms with Crippen LogP contribution in [0.2, 0.25) is 0 Å². The van der Waals surface area contributed by atoms with E-state index in [1.54, 1.807) is 0 Å². The van der Waals surface area contributed by atoms with Crippen molar-refractivity contribution in [3.8, 4) is 0 Å². The fourth-order valence-electron chi connectivity index (χ4n) is 0. The predicted molar refractivity (Wildman–Crippen MR) is 32.5 cm³/mol. The lowest BCUT2D eigenvalue weighted by atomic mass is 10.9. The number of halogens is 2. The van der Waals surface area contributed by atoms with Crippen molar-refractivity contribution in [3.05, 3.63) is 0 Å². The molecule has 0 aromatic carbocycles. The minimum absolute atomic E-state index is 0.250. The Morgan fingerprint density at radius 2 is 1.44 bits per heavy atom. The van der Waals surface area contributed by atoms with Crippen LogP contribution in [0.3, 0.4) is 0 Å². The third kappa shape index (κ3) is 33.4. The van der Waals surface area contributed by atoms with E-state index >= 15 is 0 Å². The van der Waals surface area contributed by atoms with E-state index in [1.807, 2.05) is 0 Å². The van der Waals surface area contributed by atoms with Gasteiger partial charge in [0.1, 0.15) is 0 Å². The van der Waals surface area contributed by atoms with Gasteiger partial charge in [0.15, 0.2) is 15.8 Å². The average Bonchev–Trinajstić information content (AvgIpc) is 1.67. The highest BCUT2D eigenvalue weighted by atomic mass is 32.2. The van der Waals surface area contributed by atoms with E-state index in [2.05, 4.69) is 0 Å². The third-order valence-corrected chi connectivity index (χ3v) is 0.595. The number of hydrogen-bond acceptors (Lipinski definition) is 2. The first kappa shape index (κ1) is 11.6. The Hall–Kier alpha value is -0.190. The lowest BCUT2D eigenvalue weighted by Gasteiger charge is -1.78. The van der Waals surface area contributed by atoms with Crippen molar-refractivity contribution in [3.63, 3.8) is 0 Å². The van der Waals surface area contributed by atoms with Gasteiger partial charge in [0.25, 0.3) is 0 Å². The first-order chi connectivity index (χ1) is 3.97.